The highest BCUT2D eigenvalue weighted by atomic mass is 31.1. The van der Waals surface area contributed by atoms with Crippen LogP contribution in [0.2, 0.25) is 0 Å². The summed E-state index contributed by atoms with van der Waals surface area (Å²) in [5.41, 5.74) is 5.74. The Bertz CT molecular complexity index is 3090. The average molecular weight is 1490 g/mol. The van der Waals surface area contributed by atoms with E-state index in [9.17, 15) is 0 Å². The minimum atomic E-state index is 0.432. The molecule has 0 aliphatic heterocycles. The third-order valence-corrected chi connectivity index (χ3v) is 31.3. The monoisotopic (exact) mass is 1490 g/mol. The quantitative estimate of drug-likeness (QED) is 0.0668. The first-order chi connectivity index (χ1) is 48.8. The van der Waals surface area contributed by atoms with Gasteiger partial charge in [-0.2, -0.15) is 0 Å². The minimum absolute atomic E-state index is 0.432. The molecule has 0 saturated heterocycles. The van der Waals surface area contributed by atoms with Crippen LogP contribution in [0.3, 0.4) is 0 Å². The second-order valence-corrected chi connectivity index (χ2v) is 44.2. The Labute approximate surface area is 628 Å². The van der Waals surface area contributed by atoms with Gasteiger partial charge in [-0.15, -0.1) is 0 Å². The van der Waals surface area contributed by atoms with E-state index in [2.05, 4.69) is 298 Å². The Hall–Kier alpha value is -2.80. The molecule has 0 spiro atoms. The standard InChI is InChI=1S/C14H21P.2C13H19P.C12H17P.C11H15P.2C10H15P.C9H13P/c1-2-5-9-13(10-6-3-1)15-14-11-7-4-8-12-14;1-11-7-9-13(10-8-11)14-12-5-3-2-4-6-12;1-2-5-9-12(8-4-1)14-13-10-6-3-7-11-13;1-3-7-11(8-4-1)13-12-9-5-2-6-10-12;1-2-6-10(7-3-1)12-11-8-4-5-9-11;1-10(2,3)11-9-7-5-4-6-8-9;1-9(2)8-11-10-6-4-3-5-7-10;1-8(2)10-9-6-4-3-5-7-9/h4,7-8,11-13,15H,1-3,5-6,9-10H2;2-6,11,13-14H,7-10H2,1H3;3,6-7,10-12,14H,1-2,4-5,8-9H2;1,3-4,7-8,12-13H,2,5-6,9-10H2;1-3,6-7,11-12H,4-5,8-9H2;4-8,11H,1-3H3;3-7,9,11H,8H2,1-2H3;3-8,10H,1-2H3. The molecule has 0 N–H and O–H groups in total. The number of benzene rings is 8. The molecule has 0 heterocycles. The summed E-state index contributed by atoms with van der Waals surface area (Å²) in [5.74, 6) is 1.81. The van der Waals surface area contributed by atoms with Crippen molar-refractivity contribution < 1.29 is 0 Å². The molecule has 8 aromatic rings. The average Bonchev–Trinajstić information content (AvgIpc) is 1.36. The molecule has 13 rings (SSSR count). The third kappa shape index (κ3) is 43.6. The molecule has 8 heteroatoms. The molecule has 8 unspecified atom stereocenters. The molecule has 8 atom stereocenters. The molecule has 542 valence electrons. The molecule has 5 aliphatic rings. The van der Waals surface area contributed by atoms with Crippen molar-refractivity contribution in [3.05, 3.63) is 243 Å². The van der Waals surface area contributed by atoms with Crippen molar-refractivity contribution in [2.45, 2.75) is 261 Å². The van der Waals surface area contributed by atoms with Crippen molar-refractivity contribution in [1.29, 1.82) is 0 Å². The molecule has 5 saturated carbocycles. The molecule has 100 heavy (non-hydrogen) atoms. The van der Waals surface area contributed by atoms with Crippen LogP contribution in [0.5, 0.6) is 0 Å². The molecular formula is C92H134P8. The Morgan fingerprint density at radius 1 is 0.270 bits per heavy atom. The van der Waals surface area contributed by atoms with Gasteiger partial charge < -0.3 is 0 Å². The summed E-state index contributed by atoms with van der Waals surface area (Å²) in [6, 6.07) is 87.0. The topological polar surface area (TPSA) is 0 Å². The van der Waals surface area contributed by atoms with Crippen molar-refractivity contribution in [2.24, 2.45) is 11.8 Å². The van der Waals surface area contributed by atoms with Crippen LogP contribution in [0.25, 0.3) is 0 Å². The van der Waals surface area contributed by atoms with E-state index in [0.29, 0.717) is 5.16 Å². The van der Waals surface area contributed by atoms with Crippen molar-refractivity contribution in [3.63, 3.8) is 0 Å². The zero-order valence-corrected chi connectivity index (χ0v) is 71.3. The zero-order chi connectivity index (χ0) is 70.8. The fourth-order valence-corrected chi connectivity index (χ4v) is 24.3. The maximum Gasteiger partial charge on any atom is -0.0166 e. The van der Waals surface area contributed by atoms with Crippen LogP contribution in [0.1, 0.15) is 222 Å². The van der Waals surface area contributed by atoms with E-state index in [-0.39, 0.29) is 0 Å². The number of rotatable bonds is 16. The van der Waals surface area contributed by atoms with E-state index in [1.54, 1.807) is 26.5 Å². The van der Waals surface area contributed by atoms with Crippen LogP contribution >= 0.6 is 68.6 Å². The number of hydrogen-bond donors (Lipinski definition) is 0. The summed E-state index contributed by atoms with van der Waals surface area (Å²) in [4.78, 5) is 0. The van der Waals surface area contributed by atoms with Crippen molar-refractivity contribution >= 4 is 111 Å². The Morgan fingerprint density at radius 2 is 0.490 bits per heavy atom. The van der Waals surface area contributed by atoms with Crippen molar-refractivity contribution in [1.82, 2.24) is 0 Å². The summed E-state index contributed by atoms with van der Waals surface area (Å²) in [6.45, 7) is 18.3. The normalized spacial score (nSPS) is 18.5. The first kappa shape index (κ1) is 86.1. The summed E-state index contributed by atoms with van der Waals surface area (Å²) < 4.78 is 0. The Morgan fingerprint density at radius 3 is 0.750 bits per heavy atom. The highest BCUT2D eigenvalue weighted by Gasteiger charge is 2.19. The fraction of sp³-hybridized carbons (Fsp3) is 0.478. The summed E-state index contributed by atoms with van der Waals surface area (Å²) in [6.07, 6.45) is 39.4. The summed E-state index contributed by atoms with van der Waals surface area (Å²) >= 11 is 0. The van der Waals surface area contributed by atoms with Gasteiger partial charge in [-0.25, -0.2) is 0 Å². The summed E-state index contributed by atoms with van der Waals surface area (Å²) in [7, 11) is 8.11. The largest absolute Gasteiger partial charge is 0.0901 e. The molecule has 5 fully saturated rings. The first-order valence-electron chi connectivity index (χ1n) is 39.3. The SMILES string of the molecule is CC(C)(C)Pc1ccccc1.CC(C)CPc1ccccc1.CC(C)Pc1ccccc1.CC1CCC(Pc2ccccc2)CC1.c1ccc(PC2CCCC2)cc1.c1ccc(PC2CCCCC2)cc1.c1ccc(PC2CCCCCC2)cc1.c1ccc(PC2CCCCCCC2)cc1. The van der Waals surface area contributed by atoms with Gasteiger partial charge in [0, 0.05) is 0 Å². The second kappa shape index (κ2) is 54.7. The highest BCUT2D eigenvalue weighted by Crippen LogP contribution is 2.37. The van der Waals surface area contributed by atoms with Gasteiger partial charge in [0.05, 0.1) is 0 Å². The van der Waals surface area contributed by atoms with Gasteiger partial charge in [0.1, 0.15) is 0 Å². The molecule has 5 aliphatic carbocycles. The van der Waals surface area contributed by atoms with Crippen LogP contribution in [-0.4, -0.2) is 45.3 Å². The highest BCUT2D eigenvalue weighted by molar-refractivity contribution is 7.50. The van der Waals surface area contributed by atoms with Crippen LogP contribution in [-0.2, 0) is 0 Å². The smallest absolute Gasteiger partial charge is 0.0166 e. The summed E-state index contributed by atoms with van der Waals surface area (Å²) in [5, 5.41) is 12.6. The van der Waals surface area contributed by atoms with E-state index >= 15 is 0 Å². The molecule has 0 bridgehead atoms. The van der Waals surface area contributed by atoms with Gasteiger partial charge in [0.15, 0.2) is 0 Å². The lowest BCUT2D eigenvalue weighted by molar-refractivity contribution is 0.392. The zero-order valence-electron chi connectivity index (χ0n) is 63.3. The first-order valence-corrected chi connectivity index (χ1v) is 48.0. The van der Waals surface area contributed by atoms with Gasteiger partial charge in [-0.1, -0.05) is 469 Å². The van der Waals surface area contributed by atoms with E-state index in [1.807, 2.05) is 0 Å². The molecule has 8 aromatic carbocycles. The van der Waals surface area contributed by atoms with E-state index < -0.39 is 0 Å². The minimum Gasteiger partial charge on any atom is -0.0901 e. The van der Waals surface area contributed by atoms with Crippen LogP contribution in [0.4, 0.5) is 0 Å². The Kier molecular flexibility index (Phi) is 47.1. The maximum absolute atomic E-state index is 2.39. The molecule has 0 amide bonds. The third-order valence-electron chi connectivity index (χ3n) is 18.7. The van der Waals surface area contributed by atoms with Crippen LogP contribution in [0, 0.1) is 11.8 Å². The van der Waals surface area contributed by atoms with E-state index in [4.69, 9.17) is 0 Å². The van der Waals surface area contributed by atoms with Gasteiger partial charge in [0.2, 0.25) is 0 Å². The van der Waals surface area contributed by atoms with Gasteiger partial charge in [-0.3, -0.25) is 0 Å². The predicted molar refractivity (Wildman–Crippen MR) is 478 cm³/mol. The fourth-order valence-electron chi connectivity index (χ4n) is 13.3. The van der Waals surface area contributed by atoms with E-state index in [1.165, 1.54) is 189 Å². The van der Waals surface area contributed by atoms with Gasteiger partial charge >= 0.3 is 0 Å². The maximum atomic E-state index is 2.39. The Balaban J connectivity index is 0.000000181. The van der Waals surface area contributed by atoms with E-state index in [0.717, 1.165) is 114 Å². The molecule has 0 nitrogen and oxygen atoms in total. The number of hydrogen-bond acceptors (Lipinski definition) is 0. The molecule has 0 aromatic heterocycles. The predicted octanol–water partition coefficient (Wildman–Crippen LogP) is 25.5. The molecule has 0 radical (unpaired) electrons. The van der Waals surface area contributed by atoms with Crippen molar-refractivity contribution in [2.75, 3.05) is 6.16 Å². The second-order valence-electron chi connectivity index (χ2n) is 30.1. The molecular weight excluding hydrogens is 1350 g/mol. The lowest BCUT2D eigenvalue weighted by atomic mass is 9.91. The lowest BCUT2D eigenvalue weighted by Gasteiger charge is -2.26. The van der Waals surface area contributed by atoms with Crippen LogP contribution < -0.4 is 42.4 Å². The van der Waals surface area contributed by atoms with Crippen molar-refractivity contribution in [3.8, 4) is 0 Å². The van der Waals surface area contributed by atoms with Gasteiger partial charge in [-0.05, 0) is 164 Å². The van der Waals surface area contributed by atoms with Crippen LogP contribution in [0.15, 0.2) is 243 Å². The van der Waals surface area contributed by atoms with Gasteiger partial charge in [0.25, 0.3) is 0 Å². The lowest BCUT2D eigenvalue weighted by Crippen LogP contribution is -2.15.